The van der Waals surface area contributed by atoms with Crippen molar-refractivity contribution in [2.45, 2.75) is 32.7 Å². The van der Waals surface area contributed by atoms with Gasteiger partial charge < -0.3 is 15.0 Å². The molecular weight excluding hydrogens is 280 g/mol. The first-order chi connectivity index (χ1) is 9.48. The maximum absolute atomic E-state index is 11.9. The number of hydrogen-bond donors (Lipinski definition) is 1. The summed E-state index contributed by atoms with van der Waals surface area (Å²) in [5, 5.41) is 3.18. The number of hydrogen-bond acceptors (Lipinski definition) is 6. The molecule has 6 nitrogen and oxygen atoms in total. The smallest absolute Gasteiger partial charge is 0.324 e. The molecule has 0 amide bonds. The van der Waals surface area contributed by atoms with Crippen LogP contribution in [0.25, 0.3) is 0 Å². The highest BCUT2D eigenvalue weighted by Gasteiger charge is 2.25. The largest absolute Gasteiger partial charge is 0.465 e. The van der Waals surface area contributed by atoms with Gasteiger partial charge in [0.25, 0.3) is 0 Å². The third kappa shape index (κ3) is 6.19. The van der Waals surface area contributed by atoms with E-state index in [1.54, 1.807) is 6.92 Å². The van der Waals surface area contributed by atoms with Crippen LogP contribution < -0.4 is 5.32 Å². The zero-order valence-electron chi connectivity index (χ0n) is 12.4. The molecule has 0 bridgehead atoms. The van der Waals surface area contributed by atoms with Crippen molar-refractivity contribution >= 4 is 15.8 Å². The Balaban J connectivity index is 2.57. The summed E-state index contributed by atoms with van der Waals surface area (Å²) < 4.78 is 28.2. The predicted molar refractivity (Wildman–Crippen MR) is 78.4 cm³/mol. The van der Waals surface area contributed by atoms with E-state index >= 15 is 0 Å². The Kier molecular flexibility index (Phi) is 7.47. The summed E-state index contributed by atoms with van der Waals surface area (Å²) in [6.07, 6.45) is 1.57. The summed E-state index contributed by atoms with van der Waals surface area (Å²) in [6.45, 7) is 6.64. The van der Waals surface area contributed by atoms with Gasteiger partial charge >= 0.3 is 5.97 Å². The third-order valence-electron chi connectivity index (χ3n) is 3.30. The van der Waals surface area contributed by atoms with E-state index in [1.807, 2.05) is 11.8 Å². The highest BCUT2D eigenvalue weighted by molar-refractivity contribution is 7.91. The minimum absolute atomic E-state index is 0.177. The summed E-state index contributed by atoms with van der Waals surface area (Å²) in [5.74, 6) is 0.166. The van der Waals surface area contributed by atoms with Crippen molar-refractivity contribution in [1.82, 2.24) is 10.2 Å². The minimum Gasteiger partial charge on any atom is -0.465 e. The highest BCUT2D eigenvalue weighted by atomic mass is 32.2. The molecule has 1 aliphatic rings. The Morgan fingerprint density at radius 1 is 1.30 bits per heavy atom. The molecule has 0 aromatic carbocycles. The second-order valence-corrected chi connectivity index (χ2v) is 7.37. The Morgan fingerprint density at radius 3 is 2.70 bits per heavy atom. The van der Waals surface area contributed by atoms with E-state index in [9.17, 15) is 13.2 Å². The van der Waals surface area contributed by atoms with Crippen molar-refractivity contribution in [2.24, 2.45) is 0 Å². The summed E-state index contributed by atoms with van der Waals surface area (Å²) in [5.41, 5.74) is 0. The van der Waals surface area contributed by atoms with Gasteiger partial charge in [-0.3, -0.25) is 4.79 Å². The summed E-state index contributed by atoms with van der Waals surface area (Å²) in [7, 11) is -2.91. The Labute approximate surface area is 121 Å². The van der Waals surface area contributed by atoms with E-state index in [1.165, 1.54) is 0 Å². The number of nitrogens with one attached hydrogen (secondary N) is 1. The van der Waals surface area contributed by atoms with E-state index in [2.05, 4.69) is 5.32 Å². The first-order valence-corrected chi connectivity index (χ1v) is 9.13. The normalized spacial score (nSPS) is 21.1. The van der Waals surface area contributed by atoms with Crippen molar-refractivity contribution in [3.05, 3.63) is 0 Å². The molecule has 0 radical (unpaired) electrons. The van der Waals surface area contributed by atoms with Crippen LogP contribution in [0.5, 0.6) is 0 Å². The van der Waals surface area contributed by atoms with Crippen molar-refractivity contribution in [2.75, 3.05) is 44.3 Å². The number of sulfone groups is 1. The lowest BCUT2D eigenvalue weighted by molar-refractivity contribution is -0.146. The van der Waals surface area contributed by atoms with Crippen molar-refractivity contribution < 1.29 is 17.9 Å². The fraction of sp³-hybridized carbons (Fsp3) is 0.923. The van der Waals surface area contributed by atoms with E-state index in [4.69, 9.17) is 4.74 Å². The molecule has 1 heterocycles. The van der Waals surface area contributed by atoms with Gasteiger partial charge in [-0.05, 0) is 32.9 Å². The summed E-state index contributed by atoms with van der Waals surface area (Å²) >= 11 is 0. The van der Waals surface area contributed by atoms with Gasteiger partial charge in [0, 0.05) is 13.1 Å². The van der Waals surface area contributed by atoms with Gasteiger partial charge in [0.15, 0.2) is 9.84 Å². The molecule has 7 heteroatoms. The average Bonchev–Trinajstić information content (AvgIpc) is 2.56. The number of carbonyl (C=O) groups is 1. The van der Waals surface area contributed by atoms with E-state index in [-0.39, 0.29) is 23.5 Å². The molecule has 0 saturated carbocycles. The molecule has 1 fully saturated rings. The minimum atomic E-state index is -2.91. The molecule has 1 unspecified atom stereocenters. The molecule has 118 valence electrons. The number of esters is 1. The Bertz CT molecular complexity index is 397. The lowest BCUT2D eigenvalue weighted by Crippen LogP contribution is -2.48. The highest BCUT2D eigenvalue weighted by Crippen LogP contribution is 2.06. The Hall–Kier alpha value is -0.660. The molecule has 1 saturated heterocycles. The topological polar surface area (TPSA) is 75.7 Å². The first-order valence-electron chi connectivity index (χ1n) is 7.31. The molecule has 0 spiro atoms. The molecule has 1 atom stereocenters. The standard InChI is InChI=1S/C13H26N2O4S/c1-3-6-14-12(13(16)19-4-2)11-15-7-5-9-20(17,18)10-8-15/h12,14H,3-11H2,1-2H3. The van der Waals surface area contributed by atoms with E-state index in [0.717, 1.165) is 13.0 Å². The second-order valence-electron chi connectivity index (χ2n) is 5.06. The average molecular weight is 306 g/mol. The molecular formula is C13H26N2O4S. The second kappa shape index (κ2) is 8.59. The van der Waals surface area contributed by atoms with Crippen LogP contribution in [-0.4, -0.2) is 69.6 Å². The fourth-order valence-corrected chi connectivity index (χ4v) is 3.52. The fourth-order valence-electron chi connectivity index (χ4n) is 2.21. The Morgan fingerprint density at radius 2 is 2.05 bits per heavy atom. The SMILES string of the molecule is CCCNC(CN1CCCS(=O)(=O)CC1)C(=O)OCC. The van der Waals surface area contributed by atoms with Gasteiger partial charge in [-0.15, -0.1) is 0 Å². The van der Waals surface area contributed by atoms with Crippen LogP contribution in [0.15, 0.2) is 0 Å². The van der Waals surface area contributed by atoms with Gasteiger partial charge in [0.2, 0.25) is 0 Å². The van der Waals surface area contributed by atoms with Crippen LogP contribution in [-0.2, 0) is 19.4 Å². The predicted octanol–water partition coefficient (Wildman–Crippen LogP) is 0.0382. The number of carbonyl (C=O) groups excluding carboxylic acids is 1. The van der Waals surface area contributed by atoms with Crippen LogP contribution in [0, 0.1) is 0 Å². The molecule has 1 aliphatic heterocycles. The molecule has 1 rings (SSSR count). The molecule has 0 aromatic heterocycles. The molecule has 1 N–H and O–H groups in total. The maximum Gasteiger partial charge on any atom is 0.324 e. The zero-order chi connectivity index (χ0) is 15.0. The van der Waals surface area contributed by atoms with Gasteiger partial charge in [-0.1, -0.05) is 6.92 Å². The van der Waals surface area contributed by atoms with E-state index in [0.29, 0.717) is 32.7 Å². The molecule has 20 heavy (non-hydrogen) atoms. The quantitative estimate of drug-likeness (QED) is 0.669. The third-order valence-corrected chi connectivity index (χ3v) is 5.02. The molecule has 0 aliphatic carbocycles. The number of nitrogens with zero attached hydrogens (tertiary/aromatic N) is 1. The maximum atomic E-state index is 11.9. The first kappa shape index (κ1) is 17.4. The van der Waals surface area contributed by atoms with Gasteiger partial charge in [-0.25, -0.2) is 8.42 Å². The van der Waals surface area contributed by atoms with Crippen LogP contribution in [0.3, 0.4) is 0 Å². The summed E-state index contributed by atoms with van der Waals surface area (Å²) in [4.78, 5) is 13.9. The molecule has 0 aromatic rings. The lowest BCUT2D eigenvalue weighted by Gasteiger charge is -2.25. The zero-order valence-corrected chi connectivity index (χ0v) is 13.2. The van der Waals surface area contributed by atoms with Gasteiger partial charge in [-0.2, -0.15) is 0 Å². The van der Waals surface area contributed by atoms with Crippen LogP contribution in [0.4, 0.5) is 0 Å². The number of ether oxygens (including phenoxy) is 1. The van der Waals surface area contributed by atoms with Crippen LogP contribution in [0.2, 0.25) is 0 Å². The van der Waals surface area contributed by atoms with Crippen molar-refractivity contribution in [3.8, 4) is 0 Å². The van der Waals surface area contributed by atoms with E-state index < -0.39 is 9.84 Å². The monoisotopic (exact) mass is 306 g/mol. The number of rotatable bonds is 7. The lowest BCUT2D eigenvalue weighted by atomic mass is 10.2. The summed E-state index contributed by atoms with van der Waals surface area (Å²) in [6, 6.07) is -0.379. The van der Waals surface area contributed by atoms with Crippen LogP contribution >= 0.6 is 0 Å². The van der Waals surface area contributed by atoms with Crippen molar-refractivity contribution in [3.63, 3.8) is 0 Å². The van der Waals surface area contributed by atoms with Gasteiger partial charge in [0.1, 0.15) is 6.04 Å². The van der Waals surface area contributed by atoms with Crippen LogP contribution in [0.1, 0.15) is 26.7 Å². The van der Waals surface area contributed by atoms with Crippen molar-refractivity contribution in [1.29, 1.82) is 0 Å². The van der Waals surface area contributed by atoms with Gasteiger partial charge in [0.05, 0.1) is 18.1 Å².